The van der Waals surface area contributed by atoms with Crippen molar-refractivity contribution in [2.24, 2.45) is 17.8 Å². The number of rotatable bonds is 7. The van der Waals surface area contributed by atoms with E-state index in [1.807, 2.05) is 13.8 Å². The molecule has 18 heavy (non-hydrogen) atoms. The molecule has 0 heterocycles. The van der Waals surface area contributed by atoms with Crippen molar-refractivity contribution in [3.8, 4) is 0 Å². The average molecular weight is 255 g/mol. The first kappa shape index (κ1) is 15.0. The van der Waals surface area contributed by atoms with Gasteiger partial charge in [-0.05, 0) is 18.3 Å². The maximum atomic E-state index is 11.6. The zero-order valence-corrected chi connectivity index (χ0v) is 11.4. The van der Waals surface area contributed by atoms with E-state index in [1.54, 1.807) is 0 Å². The van der Waals surface area contributed by atoms with Crippen LogP contribution in [0.5, 0.6) is 0 Å². The van der Waals surface area contributed by atoms with Gasteiger partial charge in [-0.1, -0.05) is 39.5 Å². The summed E-state index contributed by atoms with van der Waals surface area (Å²) in [5.74, 6) is -0.580. The second kappa shape index (κ2) is 7.39. The molecule has 0 aromatic rings. The Morgan fingerprint density at radius 3 is 2.39 bits per heavy atom. The van der Waals surface area contributed by atoms with Crippen molar-refractivity contribution in [1.82, 2.24) is 5.32 Å². The van der Waals surface area contributed by atoms with Crippen molar-refractivity contribution < 1.29 is 14.7 Å². The van der Waals surface area contributed by atoms with Gasteiger partial charge >= 0.3 is 5.97 Å². The van der Waals surface area contributed by atoms with Crippen LogP contribution in [0.2, 0.25) is 0 Å². The Kier molecular flexibility index (Phi) is 6.16. The molecule has 1 aliphatic rings. The maximum absolute atomic E-state index is 11.6. The Morgan fingerprint density at radius 1 is 1.28 bits per heavy atom. The molecule has 1 aliphatic carbocycles. The molecule has 0 saturated heterocycles. The number of carboxylic acids is 1. The molecular weight excluding hydrogens is 230 g/mol. The zero-order chi connectivity index (χ0) is 13.5. The van der Waals surface area contributed by atoms with E-state index >= 15 is 0 Å². The van der Waals surface area contributed by atoms with Gasteiger partial charge in [-0.2, -0.15) is 0 Å². The summed E-state index contributed by atoms with van der Waals surface area (Å²) in [7, 11) is 0. The number of carbonyl (C=O) groups is 2. The molecule has 0 spiro atoms. The highest BCUT2D eigenvalue weighted by Crippen LogP contribution is 2.28. The SMILES string of the molecule is CC(C)C(CNC(=O)CCC1CCCC1)C(=O)O. The highest BCUT2D eigenvalue weighted by Gasteiger charge is 2.22. The van der Waals surface area contributed by atoms with Crippen LogP contribution in [-0.4, -0.2) is 23.5 Å². The van der Waals surface area contributed by atoms with Crippen LogP contribution in [0.25, 0.3) is 0 Å². The number of nitrogens with one attached hydrogen (secondary N) is 1. The third-order valence-corrected chi connectivity index (χ3v) is 3.90. The van der Waals surface area contributed by atoms with Gasteiger partial charge in [0.05, 0.1) is 5.92 Å². The first-order valence-electron chi connectivity index (χ1n) is 7.00. The first-order valence-corrected chi connectivity index (χ1v) is 7.00. The third kappa shape index (κ3) is 5.07. The molecule has 4 heteroatoms. The lowest BCUT2D eigenvalue weighted by Gasteiger charge is -2.17. The summed E-state index contributed by atoms with van der Waals surface area (Å²) in [5, 5.41) is 11.8. The molecule has 1 unspecified atom stereocenters. The Balaban J connectivity index is 2.20. The largest absolute Gasteiger partial charge is 0.481 e. The average Bonchev–Trinajstić information content (AvgIpc) is 2.78. The Hall–Kier alpha value is -1.06. The van der Waals surface area contributed by atoms with E-state index < -0.39 is 11.9 Å². The minimum absolute atomic E-state index is 0.00574. The predicted molar refractivity (Wildman–Crippen MR) is 70.2 cm³/mol. The molecule has 0 bridgehead atoms. The standard InChI is InChI=1S/C14H25NO3/c1-10(2)12(14(17)18)9-15-13(16)8-7-11-5-3-4-6-11/h10-12H,3-9H2,1-2H3,(H,15,16)(H,17,18). The second-order valence-electron chi connectivity index (χ2n) is 5.68. The normalized spacial score (nSPS) is 17.9. The smallest absolute Gasteiger partial charge is 0.308 e. The highest BCUT2D eigenvalue weighted by atomic mass is 16.4. The monoisotopic (exact) mass is 255 g/mol. The number of carbonyl (C=O) groups excluding carboxylic acids is 1. The number of carboxylic acid groups (broad SMARTS) is 1. The van der Waals surface area contributed by atoms with Crippen LogP contribution in [0, 0.1) is 17.8 Å². The van der Waals surface area contributed by atoms with E-state index in [4.69, 9.17) is 5.11 Å². The van der Waals surface area contributed by atoms with Crippen molar-refractivity contribution in [3.63, 3.8) is 0 Å². The van der Waals surface area contributed by atoms with Crippen LogP contribution in [0.1, 0.15) is 52.4 Å². The fraction of sp³-hybridized carbons (Fsp3) is 0.857. The van der Waals surface area contributed by atoms with E-state index in [0.29, 0.717) is 12.3 Å². The number of amides is 1. The van der Waals surface area contributed by atoms with Gasteiger partial charge in [-0.25, -0.2) is 0 Å². The molecule has 1 rings (SSSR count). The molecule has 2 N–H and O–H groups in total. The predicted octanol–water partition coefficient (Wildman–Crippen LogP) is 2.43. The van der Waals surface area contributed by atoms with Crippen molar-refractivity contribution in [2.45, 2.75) is 52.4 Å². The number of hydrogen-bond acceptors (Lipinski definition) is 2. The van der Waals surface area contributed by atoms with E-state index in [-0.39, 0.29) is 18.4 Å². The van der Waals surface area contributed by atoms with E-state index in [9.17, 15) is 9.59 Å². The molecule has 0 radical (unpaired) electrons. The highest BCUT2D eigenvalue weighted by molar-refractivity contribution is 5.77. The lowest BCUT2D eigenvalue weighted by atomic mass is 9.96. The van der Waals surface area contributed by atoms with E-state index in [0.717, 1.165) is 6.42 Å². The molecule has 4 nitrogen and oxygen atoms in total. The summed E-state index contributed by atoms with van der Waals surface area (Å²) in [6.45, 7) is 3.98. The molecule has 1 fully saturated rings. The summed E-state index contributed by atoms with van der Waals surface area (Å²) in [4.78, 5) is 22.6. The quantitative estimate of drug-likeness (QED) is 0.734. The summed E-state index contributed by atoms with van der Waals surface area (Å²) in [6.07, 6.45) is 6.57. The minimum Gasteiger partial charge on any atom is -0.481 e. The van der Waals surface area contributed by atoms with Crippen LogP contribution < -0.4 is 5.32 Å². The van der Waals surface area contributed by atoms with Gasteiger partial charge in [0.25, 0.3) is 0 Å². The Bertz CT molecular complexity index is 283. The van der Waals surface area contributed by atoms with Crippen molar-refractivity contribution in [2.75, 3.05) is 6.54 Å². The van der Waals surface area contributed by atoms with Gasteiger partial charge in [-0.3, -0.25) is 9.59 Å². The number of aliphatic carboxylic acids is 1. The van der Waals surface area contributed by atoms with Gasteiger partial charge in [0.1, 0.15) is 0 Å². The van der Waals surface area contributed by atoms with Crippen molar-refractivity contribution >= 4 is 11.9 Å². The van der Waals surface area contributed by atoms with E-state index in [2.05, 4.69) is 5.32 Å². The van der Waals surface area contributed by atoms with Gasteiger partial charge in [0.15, 0.2) is 0 Å². The lowest BCUT2D eigenvalue weighted by Crippen LogP contribution is -2.35. The summed E-state index contributed by atoms with van der Waals surface area (Å²) in [6, 6.07) is 0. The summed E-state index contributed by atoms with van der Waals surface area (Å²) in [5.41, 5.74) is 0. The van der Waals surface area contributed by atoms with Crippen LogP contribution >= 0.6 is 0 Å². The first-order chi connectivity index (χ1) is 8.50. The fourth-order valence-electron chi connectivity index (χ4n) is 2.55. The van der Waals surface area contributed by atoms with Crippen LogP contribution in [0.3, 0.4) is 0 Å². The third-order valence-electron chi connectivity index (χ3n) is 3.90. The molecule has 0 aromatic carbocycles. The molecule has 104 valence electrons. The Morgan fingerprint density at radius 2 is 1.89 bits per heavy atom. The van der Waals surface area contributed by atoms with Crippen molar-refractivity contribution in [1.29, 1.82) is 0 Å². The van der Waals surface area contributed by atoms with Crippen LogP contribution in [0.4, 0.5) is 0 Å². The van der Waals surface area contributed by atoms with E-state index in [1.165, 1.54) is 25.7 Å². The summed E-state index contributed by atoms with van der Waals surface area (Å²) < 4.78 is 0. The van der Waals surface area contributed by atoms with Gasteiger partial charge in [0, 0.05) is 13.0 Å². The minimum atomic E-state index is -0.832. The van der Waals surface area contributed by atoms with Crippen LogP contribution in [-0.2, 0) is 9.59 Å². The molecule has 0 aromatic heterocycles. The topological polar surface area (TPSA) is 66.4 Å². The lowest BCUT2D eigenvalue weighted by molar-refractivity contribution is -0.143. The molecular formula is C14H25NO3. The molecule has 1 saturated carbocycles. The maximum Gasteiger partial charge on any atom is 0.308 e. The Labute approximate surface area is 109 Å². The van der Waals surface area contributed by atoms with Gasteiger partial charge in [-0.15, -0.1) is 0 Å². The molecule has 1 atom stereocenters. The fourth-order valence-corrected chi connectivity index (χ4v) is 2.55. The van der Waals surface area contributed by atoms with Gasteiger partial charge in [0.2, 0.25) is 5.91 Å². The number of hydrogen-bond donors (Lipinski definition) is 2. The zero-order valence-electron chi connectivity index (χ0n) is 11.4. The summed E-state index contributed by atoms with van der Waals surface area (Å²) >= 11 is 0. The van der Waals surface area contributed by atoms with Crippen molar-refractivity contribution in [3.05, 3.63) is 0 Å². The van der Waals surface area contributed by atoms with Gasteiger partial charge < -0.3 is 10.4 Å². The molecule has 0 aliphatic heterocycles. The second-order valence-corrected chi connectivity index (χ2v) is 5.68. The van der Waals surface area contributed by atoms with Crippen LogP contribution in [0.15, 0.2) is 0 Å². The molecule has 1 amide bonds.